The smallest absolute Gasteiger partial charge is 0.272 e. The van der Waals surface area contributed by atoms with E-state index in [1.165, 1.54) is 0 Å². The molecule has 1 N–H and O–H groups in total. The molecule has 3 heterocycles. The number of hydrogen-bond donors (Lipinski definition) is 1. The number of hydrogen-bond acceptors (Lipinski definition) is 6. The van der Waals surface area contributed by atoms with Gasteiger partial charge in [-0.1, -0.05) is 30.4 Å². The molecule has 1 aromatic carbocycles. The van der Waals surface area contributed by atoms with E-state index in [0.717, 1.165) is 81.5 Å². The molecule has 0 bridgehead atoms. The highest BCUT2D eigenvalue weighted by Crippen LogP contribution is 2.23. The fourth-order valence-corrected chi connectivity index (χ4v) is 4.36. The van der Waals surface area contributed by atoms with Crippen molar-refractivity contribution >= 4 is 12.0 Å². The molecule has 0 aliphatic carbocycles. The Hall–Kier alpha value is -2.68. The maximum atomic E-state index is 12.9. The molecule has 1 amide bonds. The lowest BCUT2D eigenvalue weighted by Gasteiger charge is -2.27. The quantitative estimate of drug-likeness (QED) is 0.673. The average Bonchev–Trinajstić information content (AvgIpc) is 3.16. The minimum Gasteiger partial charge on any atom is -0.496 e. The first-order valence-corrected chi connectivity index (χ1v) is 11.3. The van der Waals surface area contributed by atoms with Gasteiger partial charge in [-0.2, -0.15) is 5.10 Å². The van der Waals surface area contributed by atoms with Gasteiger partial charge < -0.3 is 14.8 Å². The molecular formula is C24H33N5O3. The summed E-state index contributed by atoms with van der Waals surface area (Å²) in [6, 6.07) is 7.99. The summed E-state index contributed by atoms with van der Waals surface area (Å²) in [5.74, 6) is 0.787. The second-order valence-corrected chi connectivity index (χ2v) is 8.24. The Labute approximate surface area is 189 Å². The first-order chi connectivity index (χ1) is 15.7. The van der Waals surface area contributed by atoms with Crippen LogP contribution in [0.4, 0.5) is 0 Å². The third-order valence-corrected chi connectivity index (χ3v) is 6.15. The van der Waals surface area contributed by atoms with Crippen LogP contribution >= 0.6 is 0 Å². The number of aromatic nitrogens is 2. The average molecular weight is 440 g/mol. The van der Waals surface area contributed by atoms with Crippen LogP contribution in [0, 0.1) is 0 Å². The number of rotatable bonds is 8. The molecule has 8 nitrogen and oxygen atoms in total. The number of benzene rings is 1. The zero-order valence-corrected chi connectivity index (χ0v) is 19.0. The number of nitrogens with zero attached hydrogens (tertiary/aromatic N) is 4. The third kappa shape index (κ3) is 5.38. The summed E-state index contributed by atoms with van der Waals surface area (Å²) in [4.78, 5) is 17.5. The van der Waals surface area contributed by atoms with Crippen molar-refractivity contribution in [2.24, 2.45) is 7.05 Å². The summed E-state index contributed by atoms with van der Waals surface area (Å²) >= 11 is 0. The maximum Gasteiger partial charge on any atom is 0.272 e. The van der Waals surface area contributed by atoms with Gasteiger partial charge in [-0.3, -0.25) is 19.3 Å². The second kappa shape index (κ2) is 10.8. The third-order valence-electron chi connectivity index (χ3n) is 6.15. The molecule has 1 saturated heterocycles. The van der Waals surface area contributed by atoms with Gasteiger partial charge in [0.2, 0.25) is 0 Å². The fraction of sp³-hybridized carbons (Fsp3) is 0.500. The molecule has 0 unspecified atom stereocenters. The minimum absolute atomic E-state index is 0.0819. The Bertz CT molecular complexity index is 949. The number of morpholine rings is 1. The molecule has 0 radical (unpaired) electrons. The molecule has 0 atom stereocenters. The summed E-state index contributed by atoms with van der Waals surface area (Å²) < 4.78 is 12.7. The zero-order valence-electron chi connectivity index (χ0n) is 19.0. The lowest BCUT2D eigenvalue weighted by atomic mass is 10.0. The van der Waals surface area contributed by atoms with Crippen LogP contribution < -0.4 is 10.1 Å². The molecule has 172 valence electrons. The van der Waals surface area contributed by atoms with Gasteiger partial charge in [-0.05, 0) is 6.07 Å². The Kier molecular flexibility index (Phi) is 7.57. The summed E-state index contributed by atoms with van der Waals surface area (Å²) in [5, 5.41) is 7.61. The fourth-order valence-electron chi connectivity index (χ4n) is 4.36. The number of methoxy groups -OCH3 is 1. The van der Waals surface area contributed by atoms with Crippen molar-refractivity contribution in [1.82, 2.24) is 24.9 Å². The number of carbonyl (C=O) groups excluding carboxylic acids is 1. The second-order valence-electron chi connectivity index (χ2n) is 8.24. The van der Waals surface area contributed by atoms with Crippen molar-refractivity contribution in [2.75, 3.05) is 59.6 Å². The van der Waals surface area contributed by atoms with Gasteiger partial charge >= 0.3 is 0 Å². The topological polar surface area (TPSA) is 71.9 Å². The lowest BCUT2D eigenvalue weighted by molar-refractivity contribution is 0.0383. The Morgan fingerprint density at radius 3 is 2.84 bits per heavy atom. The summed E-state index contributed by atoms with van der Waals surface area (Å²) in [5.41, 5.74) is 3.83. The number of fused-ring (bicyclic) bond motifs is 1. The van der Waals surface area contributed by atoms with E-state index in [1.54, 1.807) is 7.11 Å². The number of aryl methyl sites for hydroxylation is 1. The molecular weight excluding hydrogens is 406 g/mol. The first kappa shape index (κ1) is 22.5. The normalized spacial score (nSPS) is 17.4. The monoisotopic (exact) mass is 439 g/mol. The lowest BCUT2D eigenvalue weighted by Crippen LogP contribution is -2.41. The highest BCUT2D eigenvalue weighted by atomic mass is 16.5. The van der Waals surface area contributed by atoms with Crippen LogP contribution in [-0.2, 0) is 24.8 Å². The van der Waals surface area contributed by atoms with Gasteiger partial charge in [0.25, 0.3) is 5.91 Å². The molecule has 2 aliphatic heterocycles. The van der Waals surface area contributed by atoms with Crippen LogP contribution in [0.2, 0.25) is 0 Å². The largest absolute Gasteiger partial charge is 0.496 e. The molecule has 1 fully saturated rings. The van der Waals surface area contributed by atoms with E-state index >= 15 is 0 Å². The van der Waals surface area contributed by atoms with Crippen LogP contribution in [0.25, 0.3) is 6.08 Å². The molecule has 2 aliphatic rings. The van der Waals surface area contributed by atoms with Crippen LogP contribution in [0.1, 0.15) is 27.3 Å². The van der Waals surface area contributed by atoms with Crippen LogP contribution in [0.3, 0.4) is 0 Å². The number of para-hydroxylation sites is 1. The van der Waals surface area contributed by atoms with Crippen molar-refractivity contribution in [1.29, 1.82) is 0 Å². The predicted molar refractivity (Wildman–Crippen MR) is 124 cm³/mol. The molecule has 8 heteroatoms. The standard InChI is InChI=1S/C24H33N5O3/c1-27-21-9-12-29(11-5-7-19-6-3-4-8-22(19)31-2)18-20(21)23(26-27)24(30)25-10-13-28-14-16-32-17-15-28/h3-8H,9-18H2,1-2H3,(H,25,30). The summed E-state index contributed by atoms with van der Waals surface area (Å²) in [7, 11) is 3.62. The van der Waals surface area contributed by atoms with Crippen LogP contribution in [-0.4, -0.2) is 85.1 Å². The van der Waals surface area contributed by atoms with Crippen molar-refractivity contribution in [3.63, 3.8) is 0 Å². The molecule has 1 aromatic heterocycles. The number of nitrogens with one attached hydrogen (secondary N) is 1. The van der Waals surface area contributed by atoms with Crippen molar-refractivity contribution in [3.8, 4) is 5.75 Å². The number of ether oxygens (including phenoxy) is 2. The van der Waals surface area contributed by atoms with E-state index < -0.39 is 0 Å². The van der Waals surface area contributed by atoms with Gasteiger partial charge in [0, 0.05) is 76.1 Å². The van der Waals surface area contributed by atoms with Gasteiger partial charge in [-0.25, -0.2) is 0 Å². The molecule has 0 saturated carbocycles. The highest BCUT2D eigenvalue weighted by molar-refractivity contribution is 5.94. The molecule has 2 aromatic rings. The van der Waals surface area contributed by atoms with E-state index in [9.17, 15) is 4.79 Å². The van der Waals surface area contributed by atoms with Crippen LogP contribution in [0.5, 0.6) is 5.75 Å². The first-order valence-electron chi connectivity index (χ1n) is 11.3. The molecule has 0 spiro atoms. The Balaban J connectivity index is 1.35. The van der Waals surface area contributed by atoms with E-state index in [2.05, 4.69) is 32.4 Å². The SMILES string of the molecule is COc1ccccc1C=CCN1CCc2c(c(C(=O)NCCN3CCOCC3)nn2C)C1. The van der Waals surface area contributed by atoms with Crippen molar-refractivity contribution < 1.29 is 14.3 Å². The Morgan fingerprint density at radius 1 is 1.22 bits per heavy atom. The van der Waals surface area contributed by atoms with E-state index in [-0.39, 0.29) is 5.91 Å². The van der Waals surface area contributed by atoms with Gasteiger partial charge in [0.05, 0.1) is 20.3 Å². The zero-order chi connectivity index (χ0) is 22.3. The number of amides is 1. The summed E-state index contributed by atoms with van der Waals surface area (Å²) in [6.07, 6.45) is 5.14. The minimum atomic E-state index is -0.0819. The van der Waals surface area contributed by atoms with Crippen molar-refractivity contribution in [2.45, 2.75) is 13.0 Å². The van der Waals surface area contributed by atoms with Gasteiger partial charge in [0.1, 0.15) is 5.75 Å². The van der Waals surface area contributed by atoms with E-state index in [0.29, 0.717) is 12.2 Å². The van der Waals surface area contributed by atoms with Gasteiger partial charge in [-0.15, -0.1) is 0 Å². The maximum absolute atomic E-state index is 12.9. The molecule has 32 heavy (non-hydrogen) atoms. The molecule has 4 rings (SSSR count). The highest BCUT2D eigenvalue weighted by Gasteiger charge is 2.26. The number of carbonyl (C=O) groups is 1. The van der Waals surface area contributed by atoms with E-state index in [4.69, 9.17) is 9.47 Å². The van der Waals surface area contributed by atoms with Crippen molar-refractivity contribution in [3.05, 3.63) is 52.9 Å². The van der Waals surface area contributed by atoms with Gasteiger partial charge in [0.15, 0.2) is 5.69 Å². The van der Waals surface area contributed by atoms with E-state index in [1.807, 2.05) is 36.0 Å². The van der Waals surface area contributed by atoms with Crippen LogP contribution in [0.15, 0.2) is 30.3 Å². The predicted octanol–water partition coefficient (Wildman–Crippen LogP) is 1.56. The summed E-state index contributed by atoms with van der Waals surface area (Å²) in [6.45, 7) is 7.32. The Morgan fingerprint density at radius 2 is 2.03 bits per heavy atom.